The van der Waals surface area contributed by atoms with Crippen LogP contribution in [0.2, 0.25) is 0 Å². The second-order valence-electron chi connectivity index (χ2n) is 8.94. The minimum Gasteiger partial charge on any atom is -0.389 e. The predicted molar refractivity (Wildman–Crippen MR) is 103 cm³/mol. The predicted octanol–water partition coefficient (Wildman–Crippen LogP) is 2.89. The molecule has 0 spiro atoms. The van der Waals surface area contributed by atoms with Crippen molar-refractivity contribution in [3.63, 3.8) is 0 Å². The summed E-state index contributed by atoms with van der Waals surface area (Å²) < 4.78 is 0. The summed E-state index contributed by atoms with van der Waals surface area (Å²) in [5.41, 5.74) is 3.40. The van der Waals surface area contributed by atoms with Crippen LogP contribution in [0.5, 0.6) is 0 Å². The molecule has 3 fully saturated rings. The monoisotopic (exact) mass is 356 g/mol. The molecule has 142 valence electrons. The molecule has 1 aromatic carbocycles. The van der Waals surface area contributed by atoms with Crippen LogP contribution in [-0.2, 0) is 11.3 Å². The fraction of sp³-hybridized carbons (Fsp3) is 0.682. The average molecular weight is 357 g/mol. The van der Waals surface area contributed by atoms with E-state index in [4.69, 9.17) is 0 Å². The Morgan fingerprint density at radius 3 is 2.46 bits per heavy atom. The van der Waals surface area contributed by atoms with Crippen molar-refractivity contribution in [2.45, 2.75) is 58.1 Å². The summed E-state index contributed by atoms with van der Waals surface area (Å²) in [7, 11) is 0. The number of benzene rings is 1. The maximum atomic E-state index is 12.6. The van der Waals surface area contributed by atoms with E-state index in [0.29, 0.717) is 5.91 Å². The third-order valence-corrected chi connectivity index (χ3v) is 6.81. The van der Waals surface area contributed by atoms with Crippen LogP contribution >= 0.6 is 0 Å². The van der Waals surface area contributed by atoms with Crippen LogP contribution in [0, 0.1) is 25.7 Å². The van der Waals surface area contributed by atoms with E-state index >= 15 is 0 Å². The Bertz CT molecular complexity index is 664. The number of rotatable bonds is 3. The van der Waals surface area contributed by atoms with Gasteiger partial charge in [0.2, 0.25) is 5.91 Å². The quantitative estimate of drug-likeness (QED) is 0.906. The van der Waals surface area contributed by atoms with Crippen molar-refractivity contribution in [1.29, 1.82) is 0 Å². The van der Waals surface area contributed by atoms with Gasteiger partial charge in [-0.2, -0.15) is 0 Å². The van der Waals surface area contributed by atoms with Gasteiger partial charge in [0.25, 0.3) is 0 Å². The summed E-state index contributed by atoms with van der Waals surface area (Å²) in [6.07, 6.45) is 4.88. The van der Waals surface area contributed by atoms with E-state index in [-0.39, 0.29) is 11.8 Å². The van der Waals surface area contributed by atoms with Crippen molar-refractivity contribution in [3.8, 4) is 0 Å². The highest BCUT2D eigenvalue weighted by Crippen LogP contribution is 2.38. The number of carbonyl (C=O) groups is 1. The van der Waals surface area contributed by atoms with Gasteiger partial charge in [-0.3, -0.25) is 9.69 Å². The first kappa shape index (κ1) is 18.0. The normalized spacial score (nSPS) is 30.0. The van der Waals surface area contributed by atoms with Crippen LogP contribution in [0.4, 0.5) is 0 Å². The van der Waals surface area contributed by atoms with Crippen LogP contribution < -0.4 is 0 Å². The highest BCUT2D eigenvalue weighted by Gasteiger charge is 2.46. The Kier molecular flexibility index (Phi) is 4.83. The number of piperidine rings is 2. The molecule has 0 radical (unpaired) electrons. The third-order valence-electron chi connectivity index (χ3n) is 6.81. The van der Waals surface area contributed by atoms with Crippen LogP contribution in [0.15, 0.2) is 18.2 Å². The van der Waals surface area contributed by atoms with Crippen LogP contribution in [0.1, 0.15) is 48.8 Å². The molecule has 1 saturated carbocycles. The smallest absolute Gasteiger partial charge is 0.225 e. The number of hydrogen-bond acceptors (Lipinski definition) is 3. The maximum absolute atomic E-state index is 12.6. The van der Waals surface area contributed by atoms with Gasteiger partial charge in [0.1, 0.15) is 0 Å². The minimum atomic E-state index is -0.574. The molecule has 2 heterocycles. The first-order valence-electron chi connectivity index (χ1n) is 10.2. The van der Waals surface area contributed by atoms with Crippen molar-refractivity contribution >= 4 is 5.91 Å². The molecule has 4 rings (SSSR count). The molecular formula is C22H32N2O2. The lowest BCUT2D eigenvalue weighted by atomic mass is 9.74. The number of carbonyl (C=O) groups excluding carboxylic acids is 1. The summed E-state index contributed by atoms with van der Waals surface area (Å²) >= 11 is 0. The van der Waals surface area contributed by atoms with E-state index in [2.05, 4.69) is 36.9 Å². The highest BCUT2D eigenvalue weighted by molar-refractivity contribution is 5.79. The number of aliphatic hydroxyl groups is 1. The number of amides is 1. The molecule has 1 aromatic rings. The van der Waals surface area contributed by atoms with Crippen molar-refractivity contribution in [1.82, 2.24) is 9.80 Å². The highest BCUT2D eigenvalue weighted by atomic mass is 16.3. The molecule has 3 aliphatic rings. The van der Waals surface area contributed by atoms with E-state index in [0.717, 1.165) is 58.4 Å². The topological polar surface area (TPSA) is 43.8 Å². The summed E-state index contributed by atoms with van der Waals surface area (Å²) in [4.78, 5) is 17.1. The van der Waals surface area contributed by atoms with E-state index in [1.54, 1.807) is 0 Å². The number of fused-ring (bicyclic) bond motifs is 1. The maximum Gasteiger partial charge on any atom is 0.225 e. The van der Waals surface area contributed by atoms with Crippen molar-refractivity contribution in [2.24, 2.45) is 11.8 Å². The number of likely N-dealkylation sites (tertiary alicyclic amines) is 2. The van der Waals surface area contributed by atoms with E-state index in [1.165, 1.54) is 23.1 Å². The third kappa shape index (κ3) is 3.54. The van der Waals surface area contributed by atoms with Gasteiger partial charge in [0, 0.05) is 44.6 Å². The Labute approximate surface area is 157 Å². The van der Waals surface area contributed by atoms with Gasteiger partial charge in [0.05, 0.1) is 5.60 Å². The molecule has 1 aliphatic carbocycles. The zero-order chi connectivity index (χ0) is 18.3. The van der Waals surface area contributed by atoms with Crippen molar-refractivity contribution in [2.75, 3.05) is 26.2 Å². The number of nitrogens with zero attached hydrogens (tertiary/aromatic N) is 2. The summed E-state index contributed by atoms with van der Waals surface area (Å²) in [6.45, 7) is 8.53. The number of aryl methyl sites for hydroxylation is 2. The van der Waals surface area contributed by atoms with E-state index < -0.39 is 5.60 Å². The molecule has 26 heavy (non-hydrogen) atoms. The van der Waals surface area contributed by atoms with Gasteiger partial charge >= 0.3 is 0 Å². The standard InChI is InChI=1S/C22H32N2O2/c1-16-10-17(2)12-18(11-16)13-23-8-6-22(26)7-9-24(15-20(22)14-23)21(25)19-4-3-5-19/h10-12,19-20,26H,3-9,13-15H2,1-2H3/t20-,22-/m1/s1. The molecular weight excluding hydrogens is 324 g/mol. The van der Waals surface area contributed by atoms with Gasteiger partial charge in [-0.1, -0.05) is 35.7 Å². The first-order valence-corrected chi connectivity index (χ1v) is 10.2. The van der Waals surface area contributed by atoms with Gasteiger partial charge in [-0.05, 0) is 45.1 Å². The Hall–Kier alpha value is -1.39. The Morgan fingerprint density at radius 1 is 1.12 bits per heavy atom. The molecule has 4 nitrogen and oxygen atoms in total. The molecule has 1 N–H and O–H groups in total. The SMILES string of the molecule is Cc1cc(C)cc(CN2CC[C@@]3(O)CCN(C(=O)C4CCC4)C[C@H]3C2)c1. The lowest BCUT2D eigenvalue weighted by Crippen LogP contribution is -2.61. The van der Waals surface area contributed by atoms with Gasteiger partial charge in [-0.15, -0.1) is 0 Å². The van der Waals surface area contributed by atoms with Crippen molar-refractivity contribution in [3.05, 3.63) is 34.9 Å². The fourth-order valence-electron chi connectivity index (χ4n) is 5.05. The second-order valence-corrected chi connectivity index (χ2v) is 8.94. The summed E-state index contributed by atoms with van der Waals surface area (Å²) in [5.74, 6) is 0.779. The Balaban J connectivity index is 1.41. The fourth-order valence-corrected chi connectivity index (χ4v) is 5.05. The van der Waals surface area contributed by atoms with E-state index in [1.807, 2.05) is 4.90 Å². The zero-order valence-corrected chi connectivity index (χ0v) is 16.2. The molecule has 2 atom stereocenters. The molecule has 2 aliphatic heterocycles. The van der Waals surface area contributed by atoms with Crippen LogP contribution in [0.3, 0.4) is 0 Å². The largest absolute Gasteiger partial charge is 0.389 e. The lowest BCUT2D eigenvalue weighted by molar-refractivity contribution is -0.153. The van der Waals surface area contributed by atoms with E-state index in [9.17, 15) is 9.90 Å². The van der Waals surface area contributed by atoms with Gasteiger partial charge < -0.3 is 10.0 Å². The average Bonchev–Trinajstić information content (AvgIpc) is 2.52. The molecule has 0 unspecified atom stereocenters. The van der Waals surface area contributed by atoms with Crippen LogP contribution in [-0.4, -0.2) is 52.6 Å². The van der Waals surface area contributed by atoms with Gasteiger partial charge in [0.15, 0.2) is 0 Å². The molecule has 4 heteroatoms. The summed E-state index contributed by atoms with van der Waals surface area (Å²) in [5, 5.41) is 11.1. The molecule has 2 saturated heterocycles. The molecule has 0 bridgehead atoms. The number of hydrogen-bond donors (Lipinski definition) is 1. The minimum absolute atomic E-state index is 0.180. The lowest BCUT2D eigenvalue weighted by Gasteiger charge is -2.51. The zero-order valence-electron chi connectivity index (χ0n) is 16.2. The van der Waals surface area contributed by atoms with Crippen molar-refractivity contribution < 1.29 is 9.90 Å². The van der Waals surface area contributed by atoms with Crippen LogP contribution in [0.25, 0.3) is 0 Å². The first-order chi connectivity index (χ1) is 12.4. The molecule has 1 amide bonds. The Morgan fingerprint density at radius 2 is 1.81 bits per heavy atom. The molecule has 0 aromatic heterocycles. The second kappa shape index (κ2) is 6.97. The summed E-state index contributed by atoms with van der Waals surface area (Å²) in [6, 6.07) is 6.74. The van der Waals surface area contributed by atoms with Gasteiger partial charge in [-0.25, -0.2) is 0 Å².